The summed E-state index contributed by atoms with van der Waals surface area (Å²) in [5, 5.41) is 7.66. The van der Waals surface area contributed by atoms with E-state index >= 15 is 0 Å². The van der Waals surface area contributed by atoms with Gasteiger partial charge in [-0.2, -0.15) is 5.10 Å². The van der Waals surface area contributed by atoms with Gasteiger partial charge in [-0.1, -0.05) is 18.5 Å². The highest BCUT2D eigenvalue weighted by atomic mass is 35.5. The first kappa shape index (κ1) is 13.1. The Morgan fingerprint density at radius 1 is 1.44 bits per heavy atom. The molecule has 5 heteroatoms. The lowest BCUT2D eigenvalue weighted by molar-refractivity contribution is 0.627. The molecule has 0 fully saturated rings. The third kappa shape index (κ3) is 2.54. The second-order valence-corrected chi connectivity index (χ2v) is 4.45. The van der Waals surface area contributed by atoms with Gasteiger partial charge in [-0.3, -0.25) is 0 Å². The van der Waals surface area contributed by atoms with Crippen LogP contribution in [0.5, 0.6) is 0 Å². The molecule has 1 N–H and O–H groups in total. The monoisotopic (exact) mass is 267 g/mol. The van der Waals surface area contributed by atoms with Crippen LogP contribution in [0.4, 0.5) is 4.39 Å². The molecule has 1 aromatic carbocycles. The summed E-state index contributed by atoms with van der Waals surface area (Å²) < 4.78 is 14.9. The molecule has 0 saturated carbocycles. The van der Waals surface area contributed by atoms with E-state index in [2.05, 4.69) is 17.3 Å². The van der Waals surface area contributed by atoms with Crippen LogP contribution in [0, 0.1) is 12.7 Å². The van der Waals surface area contributed by atoms with E-state index in [1.807, 2.05) is 13.1 Å². The van der Waals surface area contributed by atoms with Crippen molar-refractivity contribution in [3.8, 4) is 5.69 Å². The first-order valence-corrected chi connectivity index (χ1v) is 6.21. The summed E-state index contributed by atoms with van der Waals surface area (Å²) in [5.74, 6) is -0.418. The van der Waals surface area contributed by atoms with Gasteiger partial charge in [0.2, 0.25) is 0 Å². The number of hydrogen-bond donors (Lipinski definition) is 1. The van der Waals surface area contributed by atoms with E-state index < -0.39 is 5.82 Å². The van der Waals surface area contributed by atoms with Crippen LogP contribution in [-0.4, -0.2) is 16.3 Å². The summed E-state index contributed by atoms with van der Waals surface area (Å²) in [5.41, 5.74) is 2.91. The number of halogens is 2. The van der Waals surface area contributed by atoms with Crippen molar-refractivity contribution in [1.29, 1.82) is 0 Å². The van der Waals surface area contributed by atoms with Crippen LogP contribution in [0.25, 0.3) is 5.69 Å². The average Bonchev–Trinajstić information content (AvgIpc) is 2.72. The lowest BCUT2D eigenvalue weighted by Crippen LogP contribution is -2.12. The molecule has 0 radical (unpaired) electrons. The molecule has 0 aliphatic heterocycles. The largest absolute Gasteiger partial charge is 0.313 e. The minimum absolute atomic E-state index is 0.107. The average molecular weight is 268 g/mol. The Kier molecular flexibility index (Phi) is 3.99. The van der Waals surface area contributed by atoms with Crippen LogP contribution in [-0.2, 0) is 6.54 Å². The first-order chi connectivity index (χ1) is 8.63. The molecule has 96 valence electrons. The van der Waals surface area contributed by atoms with Gasteiger partial charge in [-0.05, 0) is 31.7 Å². The second kappa shape index (κ2) is 5.50. The smallest absolute Gasteiger partial charge is 0.141 e. The molecule has 0 unspecified atom stereocenters. The van der Waals surface area contributed by atoms with E-state index in [9.17, 15) is 4.39 Å². The van der Waals surface area contributed by atoms with Crippen molar-refractivity contribution in [1.82, 2.24) is 15.1 Å². The molecule has 0 amide bonds. The van der Waals surface area contributed by atoms with Crippen LogP contribution >= 0.6 is 11.6 Å². The van der Waals surface area contributed by atoms with Crippen molar-refractivity contribution in [2.45, 2.75) is 20.4 Å². The molecule has 1 heterocycles. The Hall–Kier alpha value is -1.39. The fourth-order valence-electron chi connectivity index (χ4n) is 1.75. The summed E-state index contributed by atoms with van der Waals surface area (Å²) in [4.78, 5) is 0. The minimum Gasteiger partial charge on any atom is -0.313 e. The van der Waals surface area contributed by atoms with Gasteiger partial charge >= 0.3 is 0 Å². The van der Waals surface area contributed by atoms with Crippen molar-refractivity contribution < 1.29 is 4.39 Å². The van der Waals surface area contributed by atoms with Gasteiger partial charge in [0.25, 0.3) is 0 Å². The molecular formula is C13H15ClFN3. The maximum Gasteiger partial charge on any atom is 0.141 e. The summed E-state index contributed by atoms with van der Waals surface area (Å²) >= 11 is 5.78. The van der Waals surface area contributed by atoms with Gasteiger partial charge in [0.05, 0.1) is 16.9 Å². The lowest BCUT2D eigenvalue weighted by atomic mass is 10.2. The maximum absolute atomic E-state index is 13.1. The molecule has 0 atom stereocenters. The molecule has 2 rings (SSSR count). The molecule has 0 spiro atoms. The van der Waals surface area contributed by atoms with Crippen molar-refractivity contribution in [3.63, 3.8) is 0 Å². The van der Waals surface area contributed by atoms with Crippen molar-refractivity contribution >= 4 is 11.6 Å². The third-order valence-electron chi connectivity index (χ3n) is 2.82. The molecule has 3 nitrogen and oxygen atoms in total. The van der Waals surface area contributed by atoms with Gasteiger partial charge in [-0.15, -0.1) is 0 Å². The van der Waals surface area contributed by atoms with Crippen LogP contribution in [0.2, 0.25) is 5.02 Å². The SMILES string of the molecule is CCNCc1cnn(-c2ccc(F)c(Cl)c2)c1C. The zero-order valence-corrected chi connectivity index (χ0v) is 11.1. The summed E-state index contributed by atoms with van der Waals surface area (Å²) in [7, 11) is 0. The molecule has 0 bridgehead atoms. The number of nitrogens with zero attached hydrogens (tertiary/aromatic N) is 2. The van der Waals surface area contributed by atoms with Crippen molar-refractivity contribution in [3.05, 3.63) is 46.5 Å². The van der Waals surface area contributed by atoms with Crippen LogP contribution in [0.1, 0.15) is 18.2 Å². The third-order valence-corrected chi connectivity index (χ3v) is 3.11. The van der Waals surface area contributed by atoms with Crippen LogP contribution in [0.3, 0.4) is 0 Å². The Balaban J connectivity index is 2.33. The van der Waals surface area contributed by atoms with E-state index in [0.717, 1.165) is 30.0 Å². The molecule has 18 heavy (non-hydrogen) atoms. The topological polar surface area (TPSA) is 29.9 Å². The number of nitrogens with one attached hydrogen (secondary N) is 1. The fraction of sp³-hybridized carbons (Fsp3) is 0.308. The number of rotatable bonds is 4. The molecule has 2 aromatic rings. The standard InChI is InChI=1S/C13H15ClFN3/c1-3-16-7-10-8-17-18(9(10)2)11-4-5-13(15)12(14)6-11/h4-6,8,16H,3,7H2,1-2H3. The normalized spacial score (nSPS) is 10.9. The highest BCUT2D eigenvalue weighted by molar-refractivity contribution is 6.30. The highest BCUT2D eigenvalue weighted by Crippen LogP contribution is 2.20. The quantitative estimate of drug-likeness (QED) is 0.923. The first-order valence-electron chi connectivity index (χ1n) is 5.83. The zero-order chi connectivity index (χ0) is 13.1. The molecular weight excluding hydrogens is 253 g/mol. The van der Waals surface area contributed by atoms with Gasteiger partial charge in [0, 0.05) is 17.8 Å². The second-order valence-electron chi connectivity index (χ2n) is 4.05. The van der Waals surface area contributed by atoms with E-state index in [-0.39, 0.29) is 5.02 Å². The van der Waals surface area contributed by atoms with Gasteiger partial charge < -0.3 is 5.32 Å². The van der Waals surface area contributed by atoms with Gasteiger partial charge in [0.15, 0.2) is 0 Å². The molecule has 1 aromatic heterocycles. The Morgan fingerprint density at radius 2 is 2.22 bits per heavy atom. The maximum atomic E-state index is 13.1. The van der Waals surface area contributed by atoms with E-state index in [0.29, 0.717) is 0 Å². The summed E-state index contributed by atoms with van der Waals surface area (Å²) in [6.07, 6.45) is 1.81. The minimum atomic E-state index is -0.418. The van der Waals surface area contributed by atoms with Gasteiger partial charge in [0.1, 0.15) is 5.82 Å². The molecule has 0 aliphatic rings. The lowest BCUT2D eigenvalue weighted by Gasteiger charge is -2.06. The Labute approximate surface area is 111 Å². The van der Waals surface area contributed by atoms with Crippen molar-refractivity contribution in [2.75, 3.05) is 6.54 Å². The molecule has 0 saturated heterocycles. The molecule has 0 aliphatic carbocycles. The Bertz CT molecular complexity index is 551. The number of benzene rings is 1. The van der Waals surface area contributed by atoms with E-state index in [4.69, 9.17) is 11.6 Å². The number of aromatic nitrogens is 2. The van der Waals surface area contributed by atoms with Crippen LogP contribution in [0.15, 0.2) is 24.4 Å². The Morgan fingerprint density at radius 3 is 2.89 bits per heavy atom. The van der Waals surface area contributed by atoms with Gasteiger partial charge in [-0.25, -0.2) is 9.07 Å². The number of hydrogen-bond acceptors (Lipinski definition) is 2. The predicted octanol–water partition coefficient (Wildman–Crippen LogP) is 3.08. The zero-order valence-electron chi connectivity index (χ0n) is 10.4. The predicted molar refractivity (Wildman–Crippen MR) is 70.6 cm³/mol. The van der Waals surface area contributed by atoms with E-state index in [1.165, 1.54) is 6.07 Å². The van der Waals surface area contributed by atoms with Crippen LogP contribution < -0.4 is 5.32 Å². The fourth-order valence-corrected chi connectivity index (χ4v) is 1.93. The highest BCUT2D eigenvalue weighted by Gasteiger charge is 2.09. The summed E-state index contributed by atoms with van der Waals surface area (Å²) in [6.45, 7) is 5.72. The van der Waals surface area contributed by atoms with Crippen molar-refractivity contribution in [2.24, 2.45) is 0 Å². The van der Waals surface area contributed by atoms with E-state index in [1.54, 1.807) is 16.8 Å². The summed E-state index contributed by atoms with van der Waals surface area (Å²) in [6, 6.07) is 4.59.